The average Bonchev–Trinajstić information content (AvgIpc) is 2.83. The molecule has 0 saturated carbocycles. The van der Waals surface area contributed by atoms with Crippen LogP contribution >= 0.6 is 11.8 Å². The van der Waals surface area contributed by atoms with Crippen molar-refractivity contribution >= 4 is 35.5 Å². The molecule has 0 bridgehead atoms. The smallest absolute Gasteiger partial charge is 0.331 e. The molecule has 1 aliphatic heterocycles. The molecular formula is C17H20N2O5S. The Morgan fingerprint density at radius 1 is 1.16 bits per heavy atom. The molecule has 25 heavy (non-hydrogen) atoms. The molecule has 0 spiro atoms. The molecule has 7 nitrogen and oxygen atoms in total. The highest BCUT2D eigenvalue weighted by Gasteiger charge is 2.43. The topological polar surface area (TPSA) is 84.0 Å². The van der Waals surface area contributed by atoms with Crippen LogP contribution in [0.1, 0.15) is 27.6 Å². The van der Waals surface area contributed by atoms with E-state index in [4.69, 9.17) is 4.74 Å². The molecule has 3 amide bonds. The van der Waals surface area contributed by atoms with Gasteiger partial charge in [0.25, 0.3) is 17.7 Å². The third-order valence-corrected chi connectivity index (χ3v) is 4.46. The van der Waals surface area contributed by atoms with Crippen molar-refractivity contribution in [3.05, 3.63) is 35.4 Å². The highest BCUT2D eigenvalue weighted by atomic mass is 32.2. The number of carbonyl (C=O) groups excluding carboxylic acids is 4. The fourth-order valence-corrected chi connectivity index (χ4v) is 3.16. The van der Waals surface area contributed by atoms with Crippen LogP contribution < -0.4 is 0 Å². The van der Waals surface area contributed by atoms with E-state index in [2.05, 4.69) is 0 Å². The van der Waals surface area contributed by atoms with Gasteiger partial charge in [-0.2, -0.15) is 11.8 Å². The van der Waals surface area contributed by atoms with Crippen molar-refractivity contribution in [1.82, 2.24) is 9.80 Å². The van der Waals surface area contributed by atoms with Crippen molar-refractivity contribution in [3.8, 4) is 0 Å². The first-order chi connectivity index (χ1) is 11.8. The summed E-state index contributed by atoms with van der Waals surface area (Å²) >= 11 is 1.31. The van der Waals surface area contributed by atoms with Crippen molar-refractivity contribution in [2.45, 2.75) is 19.1 Å². The maximum atomic E-state index is 12.6. The van der Waals surface area contributed by atoms with Crippen LogP contribution in [-0.4, -0.2) is 71.7 Å². The summed E-state index contributed by atoms with van der Waals surface area (Å²) in [6.45, 7) is 1.46. The number of likely N-dealkylation sites (N-methyl/N-ethyl adjacent to an activating group) is 1. The number of nitrogens with zero attached hydrogens (tertiary/aromatic N) is 2. The van der Waals surface area contributed by atoms with E-state index in [9.17, 15) is 19.2 Å². The highest BCUT2D eigenvalue weighted by molar-refractivity contribution is 7.98. The van der Waals surface area contributed by atoms with Crippen LogP contribution in [0.5, 0.6) is 0 Å². The fraction of sp³-hybridized carbons (Fsp3) is 0.412. The van der Waals surface area contributed by atoms with Crippen LogP contribution in [0.25, 0.3) is 0 Å². The van der Waals surface area contributed by atoms with Crippen LogP contribution in [0.4, 0.5) is 0 Å². The summed E-state index contributed by atoms with van der Waals surface area (Å²) < 4.78 is 5.21. The van der Waals surface area contributed by atoms with E-state index in [-0.39, 0.29) is 22.8 Å². The molecule has 0 fully saturated rings. The monoisotopic (exact) mass is 364 g/mol. The van der Waals surface area contributed by atoms with Gasteiger partial charge in [-0.15, -0.1) is 0 Å². The van der Waals surface area contributed by atoms with Crippen LogP contribution in [0, 0.1) is 0 Å². The number of imide groups is 1. The van der Waals surface area contributed by atoms with Gasteiger partial charge in [0.1, 0.15) is 6.04 Å². The van der Waals surface area contributed by atoms with Gasteiger partial charge in [0, 0.05) is 19.8 Å². The Hall–Kier alpha value is -2.35. The maximum Gasteiger partial charge on any atom is 0.331 e. The van der Waals surface area contributed by atoms with Gasteiger partial charge in [-0.25, -0.2) is 4.79 Å². The SMILES string of the molecule is CSC[C@@H](C(=O)O[C@@H](C)C(=O)N(C)C)N1C(=O)c2ccccc2C1=O. The van der Waals surface area contributed by atoms with E-state index >= 15 is 0 Å². The van der Waals surface area contributed by atoms with E-state index in [1.165, 1.54) is 23.6 Å². The minimum absolute atomic E-state index is 0.188. The molecular weight excluding hydrogens is 344 g/mol. The van der Waals surface area contributed by atoms with Gasteiger partial charge in [-0.3, -0.25) is 19.3 Å². The maximum absolute atomic E-state index is 12.6. The molecule has 1 aromatic rings. The van der Waals surface area contributed by atoms with Crippen LogP contribution in [0.2, 0.25) is 0 Å². The van der Waals surface area contributed by atoms with Crippen LogP contribution in [0.3, 0.4) is 0 Å². The normalized spacial score (nSPS) is 15.6. The third kappa shape index (κ3) is 3.68. The lowest BCUT2D eigenvalue weighted by molar-refractivity contribution is -0.160. The van der Waals surface area contributed by atoms with Crippen molar-refractivity contribution in [1.29, 1.82) is 0 Å². The van der Waals surface area contributed by atoms with Crippen LogP contribution in [-0.2, 0) is 14.3 Å². The second kappa shape index (κ2) is 7.69. The molecule has 0 unspecified atom stereocenters. The van der Waals surface area contributed by atoms with E-state index in [0.29, 0.717) is 0 Å². The van der Waals surface area contributed by atoms with E-state index < -0.39 is 29.9 Å². The Morgan fingerprint density at radius 2 is 1.68 bits per heavy atom. The van der Waals surface area contributed by atoms with Gasteiger partial charge < -0.3 is 9.64 Å². The number of benzene rings is 1. The number of amides is 3. The van der Waals surface area contributed by atoms with E-state index in [1.54, 1.807) is 44.6 Å². The van der Waals surface area contributed by atoms with Gasteiger partial charge in [0.2, 0.25) is 0 Å². The lowest BCUT2D eigenvalue weighted by atomic mass is 10.1. The molecule has 2 atom stereocenters. The van der Waals surface area contributed by atoms with Gasteiger partial charge in [-0.05, 0) is 25.3 Å². The Kier molecular flexibility index (Phi) is 5.84. The third-order valence-electron chi connectivity index (χ3n) is 3.82. The average molecular weight is 364 g/mol. The summed E-state index contributed by atoms with van der Waals surface area (Å²) in [4.78, 5) is 51.8. The van der Waals surface area contributed by atoms with E-state index in [1.807, 2.05) is 0 Å². The Balaban J connectivity index is 2.24. The number of thioether (sulfide) groups is 1. The Morgan fingerprint density at radius 3 is 2.12 bits per heavy atom. The van der Waals surface area contributed by atoms with Gasteiger partial charge in [-0.1, -0.05) is 12.1 Å². The number of hydrogen-bond acceptors (Lipinski definition) is 6. The Labute approximate surface area is 150 Å². The summed E-state index contributed by atoms with van der Waals surface area (Å²) in [6, 6.07) is 5.34. The number of rotatable bonds is 6. The standard InChI is InChI=1S/C17H20N2O5S/c1-10(14(20)18(2)3)24-17(23)13(9-25-4)19-15(21)11-7-5-6-8-12(11)16(19)22/h5-8,10,13H,9H2,1-4H3/t10-,13-/m0/s1. The summed E-state index contributed by atoms with van der Waals surface area (Å²) in [5.41, 5.74) is 0.535. The zero-order valence-electron chi connectivity index (χ0n) is 14.5. The molecule has 2 rings (SSSR count). The van der Waals surface area contributed by atoms with Gasteiger partial charge in [0.15, 0.2) is 6.10 Å². The zero-order chi connectivity index (χ0) is 18.7. The molecule has 0 radical (unpaired) electrons. The molecule has 1 aliphatic rings. The highest BCUT2D eigenvalue weighted by Crippen LogP contribution is 2.26. The van der Waals surface area contributed by atoms with E-state index in [0.717, 1.165) is 4.90 Å². The minimum Gasteiger partial charge on any atom is -0.451 e. The lowest BCUT2D eigenvalue weighted by Gasteiger charge is -2.26. The predicted octanol–water partition coefficient (Wildman–Crippen LogP) is 1.03. The van der Waals surface area contributed by atoms with Gasteiger partial charge >= 0.3 is 5.97 Å². The second-order valence-corrected chi connectivity index (χ2v) is 6.72. The Bertz CT molecular complexity index is 684. The minimum atomic E-state index is -1.08. The largest absolute Gasteiger partial charge is 0.451 e. The summed E-state index contributed by atoms with van der Waals surface area (Å²) in [6.07, 6.45) is 0.759. The molecule has 0 aromatic heterocycles. The quantitative estimate of drug-likeness (QED) is 0.554. The zero-order valence-corrected chi connectivity index (χ0v) is 15.3. The van der Waals surface area contributed by atoms with Crippen molar-refractivity contribution < 1.29 is 23.9 Å². The van der Waals surface area contributed by atoms with Gasteiger partial charge in [0.05, 0.1) is 11.1 Å². The molecule has 1 heterocycles. The number of esters is 1. The lowest BCUT2D eigenvalue weighted by Crippen LogP contribution is -2.49. The number of fused-ring (bicyclic) bond motifs is 1. The molecule has 0 N–H and O–H groups in total. The number of hydrogen-bond donors (Lipinski definition) is 0. The molecule has 8 heteroatoms. The van der Waals surface area contributed by atoms with Crippen molar-refractivity contribution in [2.75, 3.05) is 26.1 Å². The summed E-state index contributed by atoms with van der Waals surface area (Å²) in [5, 5.41) is 0. The summed E-state index contributed by atoms with van der Waals surface area (Å²) in [7, 11) is 3.10. The molecule has 0 saturated heterocycles. The summed E-state index contributed by atoms with van der Waals surface area (Å²) in [5.74, 6) is -2.01. The number of carbonyl (C=O) groups is 4. The predicted molar refractivity (Wildman–Crippen MR) is 93.4 cm³/mol. The number of ether oxygens (including phenoxy) is 1. The van der Waals surface area contributed by atoms with Crippen LogP contribution in [0.15, 0.2) is 24.3 Å². The fourth-order valence-electron chi connectivity index (χ4n) is 2.56. The second-order valence-electron chi connectivity index (χ2n) is 5.81. The van der Waals surface area contributed by atoms with Crippen molar-refractivity contribution in [3.63, 3.8) is 0 Å². The molecule has 0 aliphatic carbocycles. The first kappa shape index (κ1) is 19.0. The molecule has 134 valence electrons. The first-order valence-corrected chi connectivity index (χ1v) is 9.06. The first-order valence-electron chi connectivity index (χ1n) is 7.67. The van der Waals surface area contributed by atoms with Crippen molar-refractivity contribution in [2.24, 2.45) is 0 Å². The molecule has 1 aromatic carbocycles.